The van der Waals surface area contributed by atoms with E-state index >= 15 is 0 Å². The molecule has 0 aliphatic heterocycles. The average molecular weight is 525 g/mol. The maximum Gasteiger partial charge on any atom is 0.433 e. The highest BCUT2D eigenvalue weighted by atomic mass is 32.1. The second-order valence-electron chi connectivity index (χ2n) is 7.48. The Morgan fingerprint density at radius 2 is 1.35 bits per heavy atom. The number of hydrogen-bond acceptors (Lipinski definition) is 4. The molecular formula is C21H22F6N4OS2. The fourth-order valence-corrected chi connectivity index (χ4v) is 3.49. The largest absolute Gasteiger partial charge is 0.433 e. The average Bonchev–Trinajstić information content (AvgIpc) is 2.73. The molecule has 3 rings (SSSR count). The van der Waals surface area contributed by atoms with Crippen LogP contribution in [0.2, 0.25) is 0 Å². The topological polar surface area (TPSA) is 77.8 Å². The molecule has 1 saturated carbocycles. The molecular weight excluding hydrogens is 502 g/mol. The Kier molecular flexibility index (Phi) is 10.1. The second-order valence-corrected chi connectivity index (χ2v) is 7.48. The van der Waals surface area contributed by atoms with Gasteiger partial charge < -0.3 is 10.6 Å². The van der Waals surface area contributed by atoms with Crippen LogP contribution in [0, 0.1) is 11.3 Å². The van der Waals surface area contributed by atoms with Crippen LogP contribution in [-0.4, -0.2) is 23.0 Å². The summed E-state index contributed by atoms with van der Waals surface area (Å²) in [5.74, 6) is -0.315. The lowest BCUT2D eigenvalue weighted by Crippen LogP contribution is -2.40. The van der Waals surface area contributed by atoms with Gasteiger partial charge in [-0.05, 0) is 62.1 Å². The van der Waals surface area contributed by atoms with Crippen LogP contribution in [0.1, 0.15) is 53.0 Å². The van der Waals surface area contributed by atoms with Crippen LogP contribution in [0.3, 0.4) is 0 Å². The first-order chi connectivity index (χ1) is 15.0. The van der Waals surface area contributed by atoms with Gasteiger partial charge in [-0.3, -0.25) is 4.79 Å². The lowest BCUT2D eigenvalue weighted by Gasteiger charge is -2.30. The minimum absolute atomic E-state index is 0. The number of nitrogens with zero attached hydrogens (tertiary/aromatic N) is 2. The molecule has 0 bridgehead atoms. The van der Waals surface area contributed by atoms with Crippen LogP contribution in [0.15, 0.2) is 36.4 Å². The molecule has 5 nitrogen and oxygen atoms in total. The van der Waals surface area contributed by atoms with Gasteiger partial charge in [0.1, 0.15) is 11.4 Å². The Balaban J connectivity index is 0.00000289. The Hall–Kier alpha value is -2.59. The van der Waals surface area contributed by atoms with Gasteiger partial charge in [0.15, 0.2) is 0 Å². The predicted octanol–water partition coefficient (Wildman–Crippen LogP) is 5.37. The van der Waals surface area contributed by atoms with Crippen molar-refractivity contribution in [2.45, 2.75) is 50.1 Å². The number of nitrogens with one attached hydrogen (secondary N) is 2. The van der Waals surface area contributed by atoms with Crippen molar-refractivity contribution in [2.75, 3.05) is 5.32 Å². The monoisotopic (exact) mass is 524 g/mol. The van der Waals surface area contributed by atoms with E-state index < -0.39 is 23.7 Å². The molecule has 1 amide bonds. The summed E-state index contributed by atoms with van der Waals surface area (Å²) in [5, 5.41) is 14.4. The summed E-state index contributed by atoms with van der Waals surface area (Å²) in [6.07, 6.45) is -8.12. The molecule has 0 unspecified atom stereocenters. The number of aromatic nitrogens is 1. The first-order valence-corrected chi connectivity index (χ1v) is 9.70. The van der Waals surface area contributed by atoms with Crippen molar-refractivity contribution in [1.29, 1.82) is 5.26 Å². The normalized spacial score (nSPS) is 18.0. The Bertz CT molecular complexity index is 982. The number of halogens is 6. The number of carbonyl (C=O) groups is 1. The molecule has 2 N–H and O–H groups in total. The van der Waals surface area contributed by atoms with Gasteiger partial charge in [-0.25, -0.2) is 4.98 Å². The summed E-state index contributed by atoms with van der Waals surface area (Å²) >= 11 is 0. The number of benzene rings is 1. The van der Waals surface area contributed by atoms with Crippen molar-refractivity contribution in [3.63, 3.8) is 0 Å². The minimum atomic E-state index is -5.01. The van der Waals surface area contributed by atoms with Gasteiger partial charge in [0.25, 0.3) is 5.91 Å². The molecule has 0 spiro atoms. The predicted molar refractivity (Wildman–Crippen MR) is 123 cm³/mol. The zero-order valence-electron chi connectivity index (χ0n) is 17.5. The molecule has 1 heterocycles. The molecule has 1 aliphatic carbocycles. The Morgan fingerprint density at radius 3 is 1.79 bits per heavy atom. The second kappa shape index (κ2) is 11.7. The minimum Gasteiger partial charge on any atom is -0.382 e. The highest BCUT2D eigenvalue weighted by molar-refractivity contribution is 7.59. The first-order valence-electron chi connectivity index (χ1n) is 9.70. The third-order valence-corrected chi connectivity index (χ3v) is 5.12. The lowest BCUT2D eigenvalue weighted by molar-refractivity contribution is -0.150. The van der Waals surface area contributed by atoms with Gasteiger partial charge in [-0.2, -0.15) is 58.6 Å². The maximum atomic E-state index is 13.0. The van der Waals surface area contributed by atoms with E-state index in [1.54, 1.807) is 0 Å². The van der Waals surface area contributed by atoms with Crippen LogP contribution >= 0.6 is 27.0 Å². The first kappa shape index (κ1) is 29.4. The fraction of sp³-hybridized carbons (Fsp3) is 0.381. The molecule has 0 saturated heterocycles. The van der Waals surface area contributed by atoms with Crippen molar-refractivity contribution >= 4 is 38.6 Å². The standard InChI is InChI=1S/C21H18F6N4O.2H2S/c22-20(23,24)17-9-16(10-18(31-17)21(25,26)27)29-14-5-7-15(8-6-14)30-19(32)13-3-1-12(11-28)2-4-13;;/h1-4,9-10,14-15H,5-8H2,(H,29,31)(H,30,32);2*1H2. The molecule has 186 valence electrons. The van der Waals surface area contributed by atoms with Crippen LogP contribution in [0.25, 0.3) is 0 Å². The number of hydrogen-bond donors (Lipinski definition) is 2. The number of pyridine rings is 1. The van der Waals surface area contributed by atoms with Crippen molar-refractivity contribution < 1.29 is 31.1 Å². The summed E-state index contributed by atoms with van der Waals surface area (Å²) in [6, 6.07) is 8.66. The zero-order valence-corrected chi connectivity index (χ0v) is 19.5. The summed E-state index contributed by atoms with van der Waals surface area (Å²) in [7, 11) is 0. The maximum absolute atomic E-state index is 13.0. The molecule has 1 fully saturated rings. The van der Waals surface area contributed by atoms with Crippen LogP contribution in [0.5, 0.6) is 0 Å². The van der Waals surface area contributed by atoms with E-state index in [2.05, 4.69) is 15.6 Å². The molecule has 1 aliphatic rings. The smallest absolute Gasteiger partial charge is 0.382 e. The van der Waals surface area contributed by atoms with E-state index in [1.807, 2.05) is 6.07 Å². The van der Waals surface area contributed by atoms with Crippen molar-refractivity contribution in [3.8, 4) is 6.07 Å². The summed E-state index contributed by atoms with van der Waals surface area (Å²) in [4.78, 5) is 15.0. The number of carbonyl (C=O) groups excluding carboxylic acids is 1. The van der Waals surface area contributed by atoms with Crippen molar-refractivity contribution in [2.24, 2.45) is 0 Å². The van der Waals surface area contributed by atoms with Crippen LogP contribution in [-0.2, 0) is 12.4 Å². The molecule has 1 aromatic heterocycles. The van der Waals surface area contributed by atoms with Gasteiger partial charge in [-0.1, -0.05) is 0 Å². The number of alkyl halides is 6. The number of rotatable bonds is 4. The van der Waals surface area contributed by atoms with E-state index in [0.29, 0.717) is 48.9 Å². The third-order valence-electron chi connectivity index (χ3n) is 5.12. The van der Waals surface area contributed by atoms with E-state index in [4.69, 9.17) is 5.26 Å². The van der Waals surface area contributed by atoms with Crippen LogP contribution < -0.4 is 10.6 Å². The Morgan fingerprint density at radius 1 is 0.882 bits per heavy atom. The van der Waals surface area contributed by atoms with Crippen LogP contribution in [0.4, 0.5) is 32.0 Å². The van der Waals surface area contributed by atoms with E-state index in [9.17, 15) is 31.1 Å². The van der Waals surface area contributed by atoms with Gasteiger partial charge in [0.05, 0.1) is 11.6 Å². The third kappa shape index (κ3) is 7.73. The SMILES string of the molecule is N#Cc1ccc(C(=O)NC2CCC(Nc3cc(C(F)(F)F)nc(C(F)(F)F)c3)CC2)cc1.S.S. The fourth-order valence-electron chi connectivity index (χ4n) is 3.49. The summed E-state index contributed by atoms with van der Waals surface area (Å²) < 4.78 is 77.7. The van der Waals surface area contributed by atoms with Crippen molar-refractivity contribution in [1.82, 2.24) is 10.3 Å². The number of nitriles is 1. The lowest BCUT2D eigenvalue weighted by atomic mass is 9.90. The highest BCUT2D eigenvalue weighted by Crippen LogP contribution is 2.35. The van der Waals surface area contributed by atoms with Gasteiger partial charge >= 0.3 is 12.4 Å². The highest BCUT2D eigenvalue weighted by Gasteiger charge is 2.39. The molecule has 0 atom stereocenters. The van der Waals surface area contributed by atoms with Gasteiger partial charge in [-0.15, -0.1) is 0 Å². The van der Waals surface area contributed by atoms with E-state index in [1.165, 1.54) is 24.3 Å². The zero-order chi connectivity index (χ0) is 23.5. The van der Waals surface area contributed by atoms with E-state index in [-0.39, 0.29) is 50.7 Å². The molecule has 34 heavy (non-hydrogen) atoms. The summed E-state index contributed by atoms with van der Waals surface area (Å²) in [5.41, 5.74) is -2.71. The molecule has 2 aromatic rings. The number of amides is 1. The number of anilines is 1. The van der Waals surface area contributed by atoms with Gasteiger partial charge in [0, 0.05) is 23.3 Å². The molecule has 1 aromatic carbocycles. The quantitative estimate of drug-likeness (QED) is 0.528. The van der Waals surface area contributed by atoms with Gasteiger partial charge in [0.2, 0.25) is 0 Å². The molecule has 13 heteroatoms. The Labute approximate surface area is 205 Å². The van der Waals surface area contributed by atoms with E-state index in [0.717, 1.165) is 0 Å². The molecule has 0 radical (unpaired) electrons. The summed E-state index contributed by atoms with van der Waals surface area (Å²) in [6.45, 7) is 0. The van der Waals surface area contributed by atoms with Crippen molar-refractivity contribution in [3.05, 3.63) is 58.9 Å².